The molecule has 2 N–H and O–H groups in total. The molecule has 2 atom stereocenters. The molecule has 2 rings (SSSR count). The second kappa shape index (κ2) is 11.2. The van der Waals surface area contributed by atoms with E-state index in [-0.39, 0.29) is 6.04 Å². The van der Waals surface area contributed by atoms with Gasteiger partial charge in [-0.3, -0.25) is 4.99 Å². The lowest BCUT2D eigenvalue weighted by molar-refractivity contribution is 0.318. The average molecular weight is 479 g/mol. The fourth-order valence-electron chi connectivity index (χ4n) is 3.17. The van der Waals surface area contributed by atoms with Crippen molar-refractivity contribution < 1.29 is 5.21 Å². The quantitative estimate of drug-likeness (QED) is 0.217. The molecule has 0 fully saturated rings. The third kappa shape index (κ3) is 5.95. The number of oxime groups is 1. The molecule has 0 aliphatic rings. The molecule has 0 spiro atoms. The first-order chi connectivity index (χ1) is 13.9. The first-order valence-corrected chi connectivity index (χ1v) is 10.5. The summed E-state index contributed by atoms with van der Waals surface area (Å²) in [7, 11) is 0. The van der Waals surface area contributed by atoms with Crippen molar-refractivity contribution in [1.82, 2.24) is 10.3 Å². The first kappa shape index (κ1) is 23.2. The zero-order chi connectivity index (χ0) is 21.4. The number of aromatic nitrogens is 1. The summed E-state index contributed by atoms with van der Waals surface area (Å²) in [6.45, 7) is 9.55. The van der Waals surface area contributed by atoms with E-state index >= 15 is 0 Å². The predicted octanol–water partition coefficient (Wildman–Crippen LogP) is 5.46. The number of aliphatic imine (C=N–C) groups is 2. The van der Waals surface area contributed by atoms with Crippen LogP contribution < -0.4 is 5.32 Å². The Kier molecular flexibility index (Phi) is 8.95. The van der Waals surface area contributed by atoms with Crippen LogP contribution in [0.25, 0.3) is 0 Å². The Morgan fingerprint density at radius 3 is 2.72 bits per heavy atom. The van der Waals surface area contributed by atoms with E-state index < -0.39 is 6.04 Å². The summed E-state index contributed by atoms with van der Waals surface area (Å²) in [5.74, 6) is 0.779. The van der Waals surface area contributed by atoms with Crippen molar-refractivity contribution in [3.63, 3.8) is 0 Å². The highest BCUT2D eigenvalue weighted by Gasteiger charge is 2.23. The zero-order valence-corrected chi connectivity index (χ0v) is 19.1. The summed E-state index contributed by atoms with van der Waals surface area (Å²) in [5.41, 5.74) is 4.94. The summed E-state index contributed by atoms with van der Waals surface area (Å²) in [5, 5.41) is 16.0. The highest BCUT2D eigenvalue weighted by molar-refractivity contribution is 9.10. The topological polar surface area (TPSA) is 82.2 Å². The lowest BCUT2D eigenvalue weighted by atomic mass is 9.98. The van der Waals surface area contributed by atoms with Crippen LogP contribution in [-0.4, -0.2) is 41.3 Å². The van der Waals surface area contributed by atoms with Crippen LogP contribution >= 0.6 is 27.5 Å². The van der Waals surface area contributed by atoms with Crippen molar-refractivity contribution in [3.8, 4) is 0 Å². The van der Waals surface area contributed by atoms with Crippen LogP contribution in [0, 0.1) is 13.8 Å². The van der Waals surface area contributed by atoms with Crippen molar-refractivity contribution >= 4 is 58.2 Å². The van der Waals surface area contributed by atoms with Gasteiger partial charge in [0, 0.05) is 34.4 Å². The Bertz CT molecular complexity index is 916. The number of pyridine rings is 1. The second-order valence-electron chi connectivity index (χ2n) is 6.63. The number of nitrogens with zero attached hydrogens (tertiary/aromatic N) is 4. The molecular weight excluding hydrogens is 454 g/mol. The molecule has 0 aliphatic heterocycles. The van der Waals surface area contributed by atoms with Crippen molar-refractivity contribution in [2.24, 2.45) is 15.1 Å². The first-order valence-electron chi connectivity index (χ1n) is 9.14. The van der Waals surface area contributed by atoms with E-state index in [0.717, 1.165) is 12.0 Å². The fraction of sp³-hybridized carbons (Fsp3) is 0.333. The van der Waals surface area contributed by atoms with Gasteiger partial charge in [-0.15, -0.1) is 16.8 Å². The fourth-order valence-corrected chi connectivity index (χ4v) is 3.90. The molecule has 29 heavy (non-hydrogen) atoms. The van der Waals surface area contributed by atoms with Gasteiger partial charge in [-0.05, 0) is 61.0 Å². The van der Waals surface area contributed by atoms with Crippen LogP contribution in [0.1, 0.15) is 35.2 Å². The molecule has 1 aromatic carbocycles. The molecule has 0 saturated carbocycles. The SMILES string of the molecule is C=Nc1ncc(Br)c(C(/C=N\O)N[C@@H](CCl)Cc2ccc(C)cc2C)c1/N=C\C. The smallest absolute Gasteiger partial charge is 0.177 e. The average Bonchev–Trinajstić information content (AvgIpc) is 2.69. The van der Waals surface area contributed by atoms with Crippen LogP contribution in [-0.2, 0) is 6.42 Å². The monoisotopic (exact) mass is 477 g/mol. The van der Waals surface area contributed by atoms with E-state index in [1.807, 2.05) is 6.92 Å². The van der Waals surface area contributed by atoms with Crippen molar-refractivity contribution in [2.45, 2.75) is 39.3 Å². The van der Waals surface area contributed by atoms with E-state index in [1.165, 1.54) is 22.9 Å². The summed E-state index contributed by atoms with van der Waals surface area (Å²) in [6.07, 6.45) is 5.42. The van der Waals surface area contributed by atoms with E-state index in [9.17, 15) is 5.21 Å². The van der Waals surface area contributed by atoms with Crippen molar-refractivity contribution in [1.29, 1.82) is 0 Å². The maximum absolute atomic E-state index is 9.28. The molecule has 0 amide bonds. The minimum absolute atomic E-state index is 0.0697. The van der Waals surface area contributed by atoms with Gasteiger partial charge in [0.25, 0.3) is 0 Å². The number of hydrogen-bond donors (Lipinski definition) is 2. The van der Waals surface area contributed by atoms with Gasteiger partial charge >= 0.3 is 0 Å². The lowest BCUT2D eigenvalue weighted by Crippen LogP contribution is -2.37. The molecule has 8 heteroatoms. The molecule has 1 heterocycles. The number of hydrogen-bond acceptors (Lipinski definition) is 6. The molecule has 2 aromatic rings. The summed E-state index contributed by atoms with van der Waals surface area (Å²) < 4.78 is 0.711. The number of halogens is 2. The molecule has 0 radical (unpaired) electrons. The molecule has 154 valence electrons. The second-order valence-corrected chi connectivity index (χ2v) is 7.79. The largest absolute Gasteiger partial charge is 0.411 e. The Morgan fingerprint density at radius 2 is 2.14 bits per heavy atom. The Labute approximate surface area is 185 Å². The van der Waals surface area contributed by atoms with E-state index in [4.69, 9.17) is 11.6 Å². The minimum atomic E-state index is -0.467. The molecule has 0 bridgehead atoms. The summed E-state index contributed by atoms with van der Waals surface area (Å²) in [4.78, 5) is 12.6. The number of aryl methyl sites for hydroxylation is 2. The summed E-state index contributed by atoms with van der Waals surface area (Å²) in [6, 6.07) is 5.83. The number of alkyl halides is 1. The van der Waals surface area contributed by atoms with Gasteiger partial charge in [-0.2, -0.15) is 0 Å². The van der Waals surface area contributed by atoms with Crippen molar-refractivity contribution in [3.05, 3.63) is 51.1 Å². The van der Waals surface area contributed by atoms with Crippen LogP contribution in [0.15, 0.2) is 44.0 Å². The summed E-state index contributed by atoms with van der Waals surface area (Å²) >= 11 is 9.82. The van der Waals surface area contributed by atoms with Gasteiger partial charge in [0.2, 0.25) is 0 Å². The van der Waals surface area contributed by atoms with Crippen LogP contribution in [0.2, 0.25) is 0 Å². The normalized spacial score (nSPS) is 13.8. The van der Waals surface area contributed by atoms with E-state index in [2.05, 4.69) is 80.1 Å². The number of rotatable bonds is 9. The van der Waals surface area contributed by atoms with Crippen LogP contribution in [0.3, 0.4) is 0 Å². The molecule has 0 saturated heterocycles. The van der Waals surface area contributed by atoms with Gasteiger partial charge in [-0.25, -0.2) is 9.98 Å². The van der Waals surface area contributed by atoms with Crippen molar-refractivity contribution in [2.75, 3.05) is 5.88 Å². The standard InChI is InChI=1S/C21H25BrClN5O/c1-5-25-20-19(17(22)11-26-21(20)24-4)18(12-27-29)28-16(10-23)9-15-7-6-13(2)8-14(15)3/h5-8,11-12,16,18,28-29H,4,9-10H2,1-3H3/b25-5-,27-12-/t16-,18?/m1/s1. The molecular formula is C21H25BrClN5O. The van der Waals surface area contributed by atoms with Crippen LogP contribution in [0.4, 0.5) is 11.5 Å². The van der Waals surface area contributed by atoms with E-state index in [1.54, 1.807) is 12.4 Å². The molecule has 1 aromatic heterocycles. The van der Waals surface area contributed by atoms with Gasteiger partial charge in [0.05, 0.1) is 12.3 Å². The number of benzene rings is 1. The Balaban J connectivity index is 2.42. The molecule has 6 nitrogen and oxygen atoms in total. The third-order valence-electron chi connectivity index (χ3n) is 4.53. The lowest BCUT2D eigenvalue weighted by Gasteiger charge is -2.24. The molecule has 0 aliphatic carbocycles. The van der Waals surface area contributed by atoms with E-state index in [0.29, 0.717) is 21.9 Å². The highest BCUT2D eigenvalue weighted by atomic mass is 79.9. The zero-order valence-electron chi connectivity index (χ0n) is 16.7. The Morgan fingerprint density at radius 1 is 1.38 bits per heavy atom. The minimum Gasteiger partial charge on any atom is -0.411 e. The van der Waals surface area contributed by atoms with Gasteiger partial charge in [0.15, 0.2) is 5.82 Å². The third-order valence-corrected chi connectivity index (χ3v) is 5.53. The highest BCUT2D eigenvalue weighted by Crippen LogP contribution is 2.38. The Hall–Kier alpha value is -2.09. The van der Waals surface area contributed by atoms with Gasteiger partial charge in [0.1, 0.15) is 5.69 Å². The van der Waals surface area contributed by atoms with Gasteiger partial charge < -0.3 is 10.5 Å². The van der Waals surface area contributed by atoms with Crippen LogP contribution in [0.5, 0.6) is 0 Å². The maximum atomic E-state index is 9.28. The van der Waals surface area contributed by atoms with Gasteiger partial charge in [-0.1, -0.05) is 23.8 Å². The molecule has 1 unspecified atom stereocenters. The maximum Gasteiger partial charge on any atom is 0.177 e. The predicted molar refractivity (Wildman–Crippen MR) is 125 cm³/mol. The number of nitrogens with one attached hydrogen (secondary N) is 1.